The Morgan fingerprint density at radius 3 is 2.51 bits per heavy atom. The second kappa shape index (κ2) is 10.7. The number of halogens is 3. The summed E-state index contributed by atoms with van der Waals surface area (Å²) in [7, 11) is -4.18. The maximum absolute atomic E-state index is 15.4. The highest BCUT2D eigenvalue weighted by molar-refractivity contribution is 7.92. The summed E-state index contributed by atoms with van der Waals surface area (Å²) < 4.78 is 68.7. The number of rotatable bonds is 8. The van der Waals surface area contributed by atoms with Gasteiger partial charge in [0.25, 0.3) is 0 Å². The molecule has 37 heavy (non-hydrogen) atoms. The number of hydrogen-bond donors (Lipinski definition) is 0. The Hall–Kier alpha value is -2.52. The van der Waals surface area contributed by atoms with E-state index in [1.165, 1.54) is 24.3 Å². The Bertz CT molecular complexity index is 1350. The second-order valence-corrected chi connectivity index (χ2v) is 12.1. The molecule has 3 aromatic rings. The largest absolute Gasteiger partial charge is 0.488 e. The lowest BCUT2D eigenvalue weighted by Crippen LogP contribution is -2.63. The van der Waals surface area contributed by atoms with Crippen molar-refractivity contribution >= 4 is 21.4 Å². The van der Waals surface area contributed by atoms with Gasteiger partial charge in [0.1, 0.15) is 17.2 Å². The van der Waals surface area contributed by atoms with Crippen molar-refractivity contribution in [2.45, 2.75) is 41.6 Å². The molecule has 0 bridgehead atoms. The van der Waals surface area contributed by atoms with Crippen molar-refractivity contribution < 1.29 is 26.7 Å². The van der Waals surface area contributed by atoms with Crippen molar-refractivity contribution in [3.63, 3.8) is 0 Å². The van der Waals surface area contributed by atoms with E-state index in [1.54, 1.807) is 0 Å². The summed E-state index contributed by atoms with van der Waals surface area (Å²) in [5, 5.41) is 0.387. The number of ether oxygens (including phenoxy) is 2. The monoisotopic (exact) mass is 547 g/mol. The number of fused-ring (bicyclic) bond motifs is 3. The standard InChI is InChI=1S/C28H28ClF2NO4S/c29-21-8-10-22(11-9-21)37(33,34)28-14-4-15-32(16-5-17-35-18-20-6-2-1-3-7-20)25(28)19-36-27-24(31)13-12-23(30)26(27)28/h1-3,6-13,25H,4-5,14-19H2. The van der Waals surface area contributed by atoms with Gasteiger partial charge in [-0.15, -0.1) is 0 Å². The molecule has 0 N–H and O–H groups in total. The number of nitrogens with zero attached hydrogens (tertiary/aromatic N) is 1. The summed E-state index contributed by atoms with van der Waals surface area (Å²) in [4.78, 5) is 2.04. The summed E-state index contributed by atoms with van der Waals surface area (Å²) in [6.45, 7) is 2.06. The highest BCUT2D eigenvalue weighted by Crippen LogP contribution is 2.53. The van der Waals surface area contributed by atoms with Gasteiger partial charge in [-0.25, -0.2) is 17.2 Å². The molecule has 0 amide bonds. The van der Waals surface area contributed by atoms with E-state index < -0.39 is 32.3 Å². The van der Waals surface area contributed by atoms with Crippen molar-refractivity contribution in [3.8, 4) is 5.75 Å². The molecule has 196 valence electrons. The zero-order valence-electron chi connectivity index (χ0n) is 20.2. The predicted molar refractivity (Wildman–Crippen MR) is 137 cm³/mol. The van der Waals surface area contributed by atoms with Crippen LogP contribution in [0.2, 0.25) is 5.02 Å². The zero-order chi connectivity index (χ0) is 26.0. The third-order valence-electron chi connectivity index (χ3n) is 7.29. The molecule has 0 radical (unpaired) electrons. The van der Waals surface area contributed by atoms with E-state index in [0.29, 0.717) is 44.2 Å². The quantitative estimate of drug-likeness (QED) is 0.336. The zero-order valence-corrected chi connectivity index (χ0v) is 21.8. The average Bonchev–Trinajstić information content (AvgIpc) is 2.91. The number of hydrogen-bond acceptors (Lipinski definition) is 5. The number of piperidine rings is 1. The van der Waals surface area contributed by atoms with Crippen molar-refractivity contribution in [3.05, 3.63) is 94.5 Å². The molecule has 0 saturated carbocycles. The van der Waals surface area contributed by atoms with Crippen molar-refractivity contribution in [1.29, 1.82) is 0 Å². The van der Waals surface area contributed by atoms with Gasteiger partial charge in [0.15, 0.2) is 21.4 Å². The van der Waals surface area contributed by atoms with Crippen LogP contribution < -0.4 is 4.74 Å². The number of sulfone groups is 1. The summed E-state index contributed by atoms with van der Waals surface area (Å²) in [5.41, 5.74) is 0.854. The molecule has 2 aliphatic rings. The molecule has 1 saturated heterocycles. The molecular formula is C28H28ClF2NO4S. The van der Waals surface area contributed by atoms with Gasteiger partial charge in [-0.1, -0.05) is 41.9 Å². The molecule has 5 nitrogen and oxygen atoms in total. The van der Waals surface area contributed by atoms with Gasteiger partial charge >= 0.3 is 0 Å². The van der Waals surface area contributed by atoms with Gasteiger partial charge in [-0.2, -0.15) is 0 Å². The molecule has 0 spiro atoms. The minimum Gasteiger partial charge on any atom is -0.488 e. The molecule has 3 aromatic carbocycles. The van der Waals surface area contributed by atoms with Crippen LogP contribution in [0, 0.1) is 11.6 Å². The fourth-order valence-electron chi connectivity index (χ4n) is 5.60. The fourth-order valence-corrected chi connectivity index (χ4v) is 8.09. The highest BCUT2D eigenvalue weighted by atomic mass is 35.5. The molecule has 2 aliphatic heterocycles. The number of likely N-dealkylation sites (tertiary alicyclic amines) is 1. The molecule has 5 rings (SSSR count). The van der Waals surface area contributed by atoms with Gasteiger partial charge in [0, 0.05) is 18.2 Å². The van der Waals surface area contributed by atoms with E-state index in [4.69, 9.17) is 21.1 Å². The van der Waals surface area contributed by atoms with Crippen LogP contribution in [0.15, 0.2) is 71.6 Å². The fraction of sp³-hybridized carbons (Fsp3) is 0.357. The summed E-state index contributed by atoms with van der Waals surface area (Å²) in [6.07, 6.45) is 1.31. The second-order valence-electron chi connectivity index (χ2n) is 9.44. The Balaban J connectivity index is 1.46. The topological polar surface area (TPSA) is 55.8 Å². The minimum absolute atomic E-state index is 0.0199. The molecule has 2 atom stereocenters. The maximum atomic E-state index is 15.4. The van der Waals surface area contributed by atoms with Crippen molar-refractivity contribution in [2.75, 3.05) is 26.3 Å². The van der Waals surface area contributed by atoms with E-state index in [2.05, 4.69) is 0 Å². The number of benzene rings is 3. The van der Waals surface area contributed by atoms with Crippen LogP contribution in [-0.4, -0.2) is 45.7 Å². The molecule has 2 heterocycles. The SMILES string of the molecule is O=S(=O)(c1ccc(Cl)cc1)C12CCCN(CCCOCc3ccccc3)C1COc1c(F)ccc(F)c12. The van der Waals surface area contributed by atoms with Crippen LogP contribution in [0.1, 0.15) is 30.4 Å². The maximum Gasteiger partial charge on any atom is 0.190 e. The van der Waals surface area contributed by atoms with Crippen LogP contribution in [0.3, 0.4) is 0 Å². The molecule has 2 unspecified atom stereocenters. The first-order chi connectivity index (χ1) is 17.8. The lowest BCUT2D eigenvalue weighted by Gasteiger charge is -2.52. The molecule has 0 aliphatic carbocycles. The van der Waals surface area contributed by atoms with E-state index >= 15 is 4.39 Å². The summed E-state index contributed by atoms with van der Waals surface area (Å²) >= 11 is 6.01. The Kier molecular flexibility index (Phi) is 7.54. The summed E-state index contributed by atoms with van der Waals surface area (Å²) in [6, 6.07) is 16.9. The molecule has 9 heteroatoms. The third kappa shape index (κ3) is 4.76. The Labute approximate surface area is 220 Å². The normalized spacial score (nSPS) is 21.6. The van der Waals surface area contributed by atoms with Crippen molar-refractivity contribution in [2.24, 2.45) is 0 Å². The van der Waals surface area contributed by atoms with Crippen LogP contribution in [0.5, 0.6) is 5.75 Å². The van der Waals surface area contributed by atoms with Crippen LogP contribution >= 0.6 is 11.6 Å². The minimum atomic E-state index is -4.18. The van der Waals surface area contributed by atoms with Gasteiger partial charge in [-0.05, 0) is 67.8 Å². The first-order valence-corrected chi connectivity index (χ1v) is 14.2. The van der Waals surface area contributed by atoms with Gasteiger partial charge in [0.05, 0.1) is 23.1 Å². The lowest BCUT2D eigenvalue weighted by atomic mass is 9.80. The van der Waals surface area contributed by atoms with E-state index in [-0.39, 0.29) is 29.2 Å². The molecule has 1 fully saturated rings. The van der Waals surface area contributed by atoms with Gasteiger partial charge in [-0.3, -0.25) is 4.90 Å². The molecular weight excluding hydrogens is 520 g/mol. The van der Waals surface area contributed by atoms with Crippen molar-refractivity contribution in [1.82, 2.24) is 4.90 Å². The highest BCUT2D eigenvalue weighted by Gasteiger charge is 2.60. The van der Waals surface area contributed by atoms with E-state index in [9.17, 15) is 12.8 Å². The Morgan fingerprint density at radius 1 is 1.03 bits per heavy atom. The van der Waals surface area contributed by atoms with Crippen LogP contribution in [0.25, 0.3) is 0 Å². The van der Waals surface area contributed by atoms with Crippen LogP contribution in [-0.2, 0) is 25.9 Å². The average molecular weight is 548 g/mol. The van der Waals surface area contributed by atoms with Crippen LogP contribution in [0.4, 0.5) is 8.78 Å². The molecule has 0 aromatic heterocycles. The van der Waals surface area contributed by atoms with E-state index in [1.807, 2.05) is 35.2 Å². The smallest absolute Gasteiger partial charge is 0.190 e. The summed E-state index contributed by atoms with van der Waals surface area (Å²) in [5.74, 6) is -1.87. The Morgan fingerprint density at radius 2 is 1.76 bits per heavy atom. The predicted octanol–water partition coefficient (Wildman–Crippen LogP) is 5.75. The lowest BCUT2D eigenvalue weighted by molar-refractivity contribution is 0.0336. The van der Waals surface area contributed by atoms with Gasteiger partial charge in [0.2, 0.25) is 0 Å². The third-order valence-corrected chi connectivity index (χ3v) is 10.1. The first-order valence-electron chi connectivity index (χ1n) is 12.3. The van der Waals surface area contributed by atoms with E-state index in [0.717, 1.165) is 17.7 Å². The first kappa shape index (κ1) is 26.1. The van der Waals surface area contributed by atoms with Gasteiger partial charge < -0.3 is 9.47 Å².